The van der Waals surface area contributed by atoms with Gasteiger partial charge in [0.25, 0.3) is 0 Å². The standard InChI is InChI=1S/C29H44O8.C26H44O8/c1-23(2)26(30)32-18-20-35-28(5,6)34-16-12-9-13-17-36-29(7,22-25-14-10-8-11-15-25)37-21-19-33-27(31)24(3)4;1-21(2)23(27)29-17-19-32-25(5,6)31-15-11-8-12-16-33-26(13-9-7-10-14-26)34-20-18-30-24(28)22(3)4/h8,10-11,14-15H,1,3,9,12-13,16-22H2,2,4-7H3;1,3,7-20H2,2,4-6H3. The average molecular weight is 1010 g/mol. The fourth-order valence-electron chi connectivity index (χ4n) is 6.65. The molecular weight excluding hydrogens is 917 g/mol. The van der Waals surface area contributed by atoms with Crippen LogP contribution in [0.4, 0.5) is 0 Å². The fourth-order valence-corrected chi connectivity index (χ4v) is 6.65. The van der Waals surface area contributed by atoms with E-state index in [4.69, 9.17) is 56.8 Å². The van der Waals surface area contributed by atoms with E-state index in [1.165, 1.54) is 6.42 Å². The minimum atomic E-state index is -0.850. The Balaban J connectivity index is 0.000000713. The third-order valence-corrected chi connectivity index (χ3v) is 10.6. The first kappa shape index (κ1) is 64.8. The molecule has 71 heavy (non-hydrogen) atoms. The number of ether oxygens (including phenoxy) is 12. The summed E-state index contributed by atoms with van der Waals surface area (Å²) in [5, 5.41) is 0. The highest BCUT2D eigenvalue weighted by Gasteiger charge is 2.34. The van der Waals surface area contributed by atoms with Crippen LogP contribution in [0.3, 0.4) is 0 Å². The van der Waals surface area contributed by atoms with Gasteiger partial charge in [0.1, 0.15) is 26.4 Å². The second kappa shape index (κ2) is 35.8. The quantitative estimate of drug-likeness (QED) is 0.0201. The highest BCUT2D eigenvalue weighted by atomic mass is 16.7. The molecule has 2 rings (SSSR count). The molecule has 0 saturated heterocycles. The Labute approximate surface area is 425 Å². The van der Waals surface area contributed by atoms with Crippen LogP contribution in [-0.2, 0) is 82.4 Å². The number of hydrogen-bond acceptors (Lipinski definition) is 16. The average Bonchev–Trinajstić information content (AvgIpc) is 3.31. The Morgan fingerprint density at radius 3 is 1.20 bits per heavy atom. The highest BCUT2D eigenvalue weighted by molar-refractivity contribution is 5.88. The van der Waals surface area contributed by atoms with Crippen molar-refractivity contribution in [1.82, 2.24) is 0 Å². The van der Waals surface area contributed by atoms with Crippen LogP contribution in [0.5, 0.6) is 0 Å². The smallest absolute Gasteiger partial charge is 0.333 e. The lowest BCUT2D eigenvalue weighted by Crippen LogP contribution is -2.39. The maximum absolute atomic E-state index is 11.6. The molecule has 1 aromatic rings. The zero-order chi connectivity index (χ0) is 53.2. The van der Waals surface area contributed by atoms with Gasteiger partial charge in [0.05, 0.1) is 39.6 Å². The molecule has 16 nitrogen and oxygen atoms in total. The number of benzene rings is 1. The molecule has 0 aliphatic heterocycles. The van der Waals surface area contributed by atoms with Gasteiger partial charge in [-0.2, -0.15) is 0 Å². The lowest BCUT2D eigenvalue weighted by Gasteiger charge is -2.37. The molecule has 0 amide bonds. The van der Waals surface area contributed by atoms with E-state index in [2.05, 4.69) is 26.3 Å². The molecule has 0 bridgehead atoms. The van der Waals surface area contributed by atoms with Crippen molar-refractivity contribution in [3.63, 3.8) is 0 Å². The molecule has 0 aromatic heterocycles. The predicted molar refractivity (Wildman–Crippen MR) is 271 cm³/mol. The number of hydrogen-bond donors (Lipinski definition) is 0. The fraction of sp³-hybridized carbons (Fsp3) is 0.673. The highest BCUT2D eigenvalue weighted by Crippen LogP contribution is 2.33. The largest absolute Gasteiger partial charge is 0.460 e. The van der Waals surface area contributed by atoms with Crippen molar-refractivity contribution >= 4 is 23.9 Å². The molecule has 1 unspecified atom stereocenters. The van der Waals surface area contributed by atoms with E-state index in [0.29, 0.717) is 61.7 Å². The summed E-state index contributed by atoms with van der Waals surface area (Å²) in [5.41, 5.74) is 2.55. The molecule has 0 heterocycles. The summed E-state index contributed by atoms with van der Waals surface area (Å²) in [6, 6.07) is 9.97. The van der Waals surface area contributed by atoms with Gasteiger partial charge in [0, 0.05) is 54.8 Å². The van der Waals surface area contributed by atoms with Gasteiger partial charge in [-0.3, -0.25) is 0 Å². The van der Waals surface area contributed by atoms with Crippen LogP contribution >= 0.6 is 0 Å². The van der Waals surface area contributed by atoms with Crippen molar-refractivity contribution in [3.05, 3.63) is 84.5 Å². The van der Waals surface area contributed by atoms with Gasteiger partial charge >= 0.3 is 23.9 Å². The molecule has 1 fully saturated rings. The second-order valence-corrected chi connectivity index (χ2v) is 18.6. The van der Waals surface area contributed by atoms with Crippen LogP contribution in [0, 0.1) is 0 Å². The molecule has 1 saturated carbocycles. The summed E-state index contributed by atoms with van der Waals surface area (Å²) in [6.45, 7) is 33.8. The number of carbonyl (C=O) groups excluding carboxylic acids is 4. The van der Waals surface area contributed by atoms with Crippen LogP contribution in [0.15, 0.2) is 78.9 Å². The Hall–Kier alpha value is -4.26. The molecule has 1 aromatic carbocycles. The zero-order valence-electron chi connectivity index (χ0n) is 44.7. The van der Waals surface area contributed by atoms with Crippen LogP contribution in [-0.4, -0.2) is 126 Å². The molecule has 1 aliphatic rings. The van der Waals surface area contributed by atoms with Crippen LogP contribution in [0.2, 0.25) is 0 Å². The van der Waals surface area contributed by atoms with E-state index >= 15 is 0 Å². The first-order chi connectivity index (χ1) is 33.5. The van der Waals surface area contributed by atoms with Gasteiger partial charge in [-0.15, -0.1) is 0 Å². The molecule has 404 valence electrons. The van der Waals surface area contributed by atoms with Crippen molar-refractivity contribution in [2.24, 2.45) is 0 Å². The lowest BCUT2D eigenvalue weighted by atomic mass is 9.94. The Morgan fingerprint density at radius 1 is 0.437 bits per heavy atom. The van der Waals surface area contributed by atoms with Crippen molar-refractivity contribution in [1.29, 1.82) is 0 Å². The van der Waals surface area contributed by atoms with Gasteiger partial charge in [0.15, 0.2) is 23.1 Å². The van der Waals surface area contributed by atoms with Gasteiger partial charge in [0.2, 0.25) is 0 Å². The van der Waals surface area contributed by atoms with Crippen LogP contribution in [0.1, 0.15) is 139 Å². The SMILES string of the molecule is C=C(C)C(=O)OCCOC(C)(C)OCCCCCOC(C)(Cc1ccccc1)OCCOC(=O)C(=C)C.C=C(C)C(=O)OCCOC(C)(C)OCCCCCOC1(OCCOC(=O)C(=C)C)CCCCC1. The summed E-state index contributed by atoms with van der Waals surface area (Å²) < 4.78 is 67.6. The molecule has 1 aliphatic carbocycles. The number of esters is 4. The first-order valence-corrected chi connectivity index (χ1v) is 25.0. The monoisotopic (exact) mass is 1000 g/mol. The normalized spacial score (nSPS) is 14.2. The molecule has 1 atom stereocenters. The predicted octanol–water partition coefficient (Wildman–Crippen LogP) is 10.0. The maximum atomic E-state index is 11.6. The zero-order valence-corrected chi connectivity index (χ0v) is 44.7. The molecule has 0 spiro atoms. The lowest BCUT2D eigenvalue weighted by molar-refractivity contribution is -0.256. The Kier molecular flexibility index (Phi) is 32.6. The minimum Gasteiger partial charge on any atom is -0.460 e. The van der Waals surface area contributed by atoms with Gasteiger partial charge in [-0.1, -0.05) is 63.1 Å². The second-order valence-electron chi connectivity index (χ2n) is 18.6. The van der Waals surface area contributed by atoms with E-state index in [0.717, 1.165) is 69.8 Å². The summed E-state index contributed by atoms with van der Waals surface area (Å²) in [6.07, 6.45) is 10.9. The maximum Gasteiger partial charge on any atom is 0.333 e. The Morgan fingerprint density at radius 2 is 0.775 bits per heavy atom. The minimum absolute atomic E-state index is 0.130. The summed E-state index contributed by atoms with van der Waals surface area (Å²) in [7, 11) is 0. The van der Waals surface area contributed by atoms with Gasteiger partial charge in [-0.25, -0.2) is 19.2 Å². The molecule has 16 heteroatoms. The molecular formula is C55H88O16. The van der Waals surface area contributed by atoms with E-state index in [9.17, 15) is 19.2 Å². The van der Waals surface area contributed by atoms with Gasteiger partial charge in [-0.05, 0) is 119 Å². The number of rotatable bonds is 38. The summed E-state index contributed by atoms with van der Waals surface area (Å²) >= 11 is 0. The molecule has 0 N–H and O–H groups in total. The summed E-state index contributed by atoms with van der Waals surface area (Å²) in [4.78, 5) is 45.8. The topological polar surface area (TPSA) is 179 Å². The van der Waals surface area contributed by atoms with Crippen LogP contribution < -0.4 is 0 Å². The van der Waals surface area contributed by atoms with E-state index in [1.54, 1.807) is 27.7 Å². The summed E-state index contributed by atoms with van der Waals surface area (Å²) in [5.74, 6) is -4.63. The third kappa shape index (κ3) is 32.4. The van der Waals surface area contributed by atoms with Crippen molar-refractivity contribution in [2.75, 3.05) is 79.3 Å². The van der Waals surface area contributed by atoms with Crippen molar-refractivity contribution < 1.29 is 76.0 Å². The third-order valence-electron chi connectivity index (χ3n) is 10.6. The van der Waals surface area contributed by atoms with Crippen LogP contribution in [0.25, 0.3) is 0 Å². The number of carbonyl (C=O) groups is 4. The van der Waals surface area contributed by atoms with Crippen molar-refractivity contribution in [3.8, 4) is 0 Å². The number of unbranched alkanes of at least 4 members (excludes halogenated alkanes) is 4. The van der Waals surface area contributed by atoms with E-state index in [1.807, 2.05) is 65.0 Å². The first-order valence-electron chi connectivity index (χ1n) is 25.0. The Bertz CT molecular complexity index is 1750. The van der Waals surface area contributed by atoms with E-state index in [-0.39, 0.29) is 46.2 Å². The van der Waals surface area contributed by atoms with E-state index < -0.39 is 47.0 Å². The van der Waals surface area contributed by atoms with Crippen molar-refractivity contribution in [2.45, 2.75) is 163 Å². The molecule has 0 radical (unpaired) electrons. The van der Waals surface area contributed by atoms with Gasteiger partial charge < -0.3 is 56.8 Å².